The Hall–Kier alpha value is -1.44. The van der Waals surface area contributed by atoms with Crippen LogP contribution in [0.4, 0.5) is 0 Å². The van der Waals surface area contributed by atoms with Gasteiger partial charge in [-0.05, 0) is 31.2 Å². The fourth-order valence-electron chi connectivity index (χ4n) is 1.17. The van der Waals surface area contributed by atoms with Crippen LogP contribution in [0.25, 0.3) is 0 Å². The average molecular weight is 192 g/mol. The van der Waals surface area contributed by atoms with Crippen molar-refractivity contribution in [3.05, 3.63) is 36.9 Å². The second-order valence-electron chi connectivity index (χ2n) is 3.13. The van der Waals surface area contributed by atoms with Crippen molar-refractivity contribution < 1.29 is 9.47 Å². The molecule has 2 heteroatoms. The highest BCUT2D eigenvalue weighted by molar-refractivity contribution is 5.31. The molecular weight excluding hydrogens is 176 g/mol. The fourth-order valence-corrected chi connectivity index (χ4v) is 1.17. The van der Waals surface area contributed by atoms with Crippen molar-refractivity contribution in [3.63, 3.8) is 0 Å². The number of hydrogen-bond acceptors (Lipinski definition) is 2. The van der Waals surface area contributed by atoms with Crippen LogP contribution < -0.4 is 9.47 Å². The van der Waals surface area contributed by atoms with E-state index in [1.807, 2.05) is 37.3 Å². The third-order valence-corrected chi connectivity index (χ3v) is 1.90. The molecule has 2 nitrogen and oxygen atoms in total. The van der Waals surface area contributed by atoms with Crippen molar-refractivity contribution in [1.82, 2.24) is 0 Å². The van der Waals surface area contributed by atoms with Crippen LogP contribution in [0.2, 0.25) is 0 Å². The van der Waals surface area contributed by atoms with Crippen LogP contribution in [0.3, 0.4) is 0 Å². The van der Waals surface area contributed by atoms with Crippen molar-refractivity contribution in [3.8, 4) is 11.5 Å². The maximum atomic E-state index is 5.63. The lowest BCUT2D eigenvalue weighted by Gasteiger charge is -2.12. The summed E-state index contributed by atoms with van der Waals surface area (Å²) in [6.45, 7) is 5.69. The molecule has 0 saturated carbocycles. The summed E-state index contributed by atoms with van der Waals surface area (Å²) in [7, 11) is 1.65. The summed E-state index contributed by atoms with van der Waals surface area (Å²) >= 11 is 0. The number of ether oxygens (including phenoxy) is 2. The van der Waals surface area contributed by atoms with Crippen LogP contribution in [0.15, 0.2) is 36.9 Å². The highest BCUT2D eigenvalue weighted by Gasteiger charge is 2.01. The molecule has 0 amide bonds. The summed E-state index contributed by atoms with van der Waals surface area (Å²) in [6.07, 6.45) is 2.88. The van der Waals surface area contributed by atoms with E-state index in [2.05, 4.69) is 6.58 Å². The molecule has 0 heterocycles. The minimum Gasteiger partial charge on any atom is -0.497 e. The minimum atomic E-state index is 0.167. The first-order chi connectivity index (χ1) is 6.76. The monoisotopic (exact) mass is 192 g/mol. The van der Waals surface area contributed by atoms with Crippen molar-refractivity contribution in [2.75, 3.05) is 7.11 Å². The van der Waals surface area contributed by atoms with Gasteiger partial charge in [0.2, 0.25) is 0 Å². The van der Waals surface area contributed by atoms with Gasteiger partial charge in [0.25, 0.3) is 0 Å². The predicted molar refractivity (Wildman–Crippen MR) is 57.9 cm³/mol. The zero-order chi connectivity index (χ0) is 10.4. The summed E-state index contributed by atoms with van der Waals surface area (Å²) in [5.41, 5.74) is 0. The van der Waals surface area contributed by atoms with Gasteiger partial charge in [-0.25, -0.2) is 0 Å². The van der Waals surface area contributed by atoms with Crippen LogP contribution >= 0.6 is 0 Å². The Morgan fingerprint density at radius 3 is 2.36 bits per heavy atom. The van der Waals surface area contributed by atoms with Crippen LogP contribution in [0.1, 0.15) is 13.3 Å². The largest absolute Gasteiger partial charge is 0.497 e. The van der Waals surface area contributed by atoms with Crippen LogP contribution in [0, 0.1) is 0 Å². The zero-order valence-electron chi connectivity index (χ0n) is 8.69. The minimum absolute atomic E-state index is 0.167. The van der Waals surface area contributed by atoms with Crippen LogP contribution in [-0.2, 0) is 0 Å². The highest BCUT2D eigenvalue weighted by Crippen LogP contribution is 2.18. The molecular formula is C12H16O2. The Labute approximate surface area is 85.2 Å². The molecule has 0 aliphatic heterocycles. The van der Waals surface area contributed by atoms with Gasteiger partial charge in [0, 0.05) is 6.42 Å². The van der Waals surface area contributed by atoms with Gasteiger partial charge in [-0.2, -0.15) is 0 Å². The lowest BCUT2D eigenvalue weighted by Crippen LogP contribution is -2.09. The fraction of sp³-hybridized carbons (Fsp3) is 0.333. The van der Waals surface area contributed by atoms with Crippen LogP contribution in [0.5, 0.6) is 11.5 Å². The standard InChI is InChI=1S/C12H16O2/c1-4-5-10(2)14-12-8-6-11(13-3)7-9-12/h4,6-10H,1,5H2,2-3H3/t10-/m0/s1. The number of methoxy groups -OCH3 is 1. The third kappa shape index (κ3) is 3.13. The second kappa shape index (κ2) is 5.32. The molecule has 0 unspecified atom stereocenters. The van der Waals surface area contributed by atoms with Gasteiger partial charge in [-0.1, -0.05) is 6.08 Å². The maximum Gasteiger partial charge on any atom is 0.119 e. The summed E-state index contributed by atoms with van der Waals surface area (Å²) in [6, 6.07) is 7.57. The van der Waals surface area contributed by atoms with E-state index in [1.165, 1.54) is 0 Å². The summed E-state index contributed by atoms with van der Waals surface area (Å²) in [5, 5.41) is 0. The quantitative estimate of drug-likeness (QED) is 0.667. The maximum absolute atomic E-state index is 5.63. The lowest BCUT2D eigenvalue weighted by molar-refractivity contribution is 0.225. The first-order valence-corrected chi connectivity index (χ1v) is 4.68. The van der Waals surface area contributed by atoms with Crippen molar-refractivity contribution in [2.24, 2.45) is 0 Å². The Bertz CT molecular complexity index is 277. The molecule has 0 radical (unpaired) electrons. The highest BCUT2D eigenvalue weighted by atomic mass is 16.5. The molecule has 0 aromatic heterocycles. The van der Waals surface area contributed by atoms with E-state index in [0.29, 0.717) is 0 Å². The molecule has 0 N–H and O–H groups in total. The lowest BCUT2D eigenvalue weighted by atomic mass is 10.2. The normalized spacial score (nSPS) is 11.9. The van der Waals surface area contributed by atoms with Gasteiger partial charge in [-0.3, -0.25) is 0 Å². The number of rotatable bonds is 5. The Morgan fingerprint density at radius 1 is 1.29 bits per heavy atom. The molecule has 0 fully saturated rings. The van der Waals surface area contributed by atoms with E-state index in [9.17, 15) is 0 Å². The molecule has 1 rings (SSSR count). The van der Waals surface area contributed by atoms with E-state index in [-0.39, 0.29) is 6.10 Å². The van der Waals surface area contributed by atoms with Gasteiger partial charge in [-0.15, -0.1) is 6.58 Å². The summed E-state index contributed by atoms with van der Waals surface area (Å²) in [4.78, 5) is 0. The molecule has 1 aromatic carbocycles. The summed E-state index contributed by atoms with van der Waals surface area (Å²) < 4.78 is 10.7. The molecule has 0 spiro atoms. The van der Waals surface area contributed by atoms with Crippen molar-refractivity contribution in [2.45, 2.75) is 19.4 Å². The molecule has 14 heavy (non-hydrogen) atoms. The van der Waals surface area contributed by atoms with E-state index in [1.54, 1.807) is 7.11 Å². The van der Waals surface area contributed by atoms with Gasteiger partial charge >= 0.3 is 0 Å². The molecule has 1 atom stereocenters. The molecule has 0 bridgehead atoms. The van der Waals surface area contributed by atoms with Crippen molar-refractivity contribution in [1.29, 1.82) is 0 Å². The SMILES string of the molecule is C=CC[C@H](C)Oc1ccc(OC)cc1. The molecule has 0 saturated heterocycles. The Kier molecular flexibility index (Phi) is 4.05. The summed E-state index contributed by atoms with van der Waals surface area (Å²) in [5.74, 6) is 1.70. The Balaban J connectivity index is 2.54. The smallest absolute Gasteiger partial charge is 0.119 e. The van der Waals surface area contributed by atoms with Gasteiger partial charge in [0.1, 0.15) is 11.5 Å². The van der Waals surface area contributed by atoms with E-state index >= 15 is 0 Å². The third-order valence-electron chi connectivity index (χ3n) is 1.90. The molecule has 0 aliphatic rings. The number of benzene rings is 1. The van der Waals surface area contributed by atoms with Gasteiger partial charge < -0.3 is 9.47 Å². The zero-order valence-corrected chi connectivity index (χ0v) is 8.69. The predicted octanol–water partition coefficient (Wildman–Crippen LogP) is 3.04. The Morgan fingerprint density at radius 2 is 1.86 bits per heavy atom. The second-order valence-corrected chi connectivity index (χ2v) is 3.13. The first kappa shape index (κ1) is 10.6. The van der Waals surface area contributed by atoms with Gasteiger partial charge in [0.15, 0.2) is 0 Å². The first-order valence-electron chi connectivity index (χ1n) is 4.68. The topological polar surface area (TPSA) is 18.5 Å². The van der Waals surface area contributed by atoms with Crippen LogP contribution in [-0.4, -0.2) is 13.2 Å². The van der Waals surface area contributed by atoms with Gasteiger partial charge in [0.05, 0.1) is 13.2 Å². The average Bonchev–Trinajstić information content (AvgIpc) is 2.19. The van der Waals surface area contributed by atoms with Crippen molar-refractivity contribution >= 4 is 0 Å². The number of hydrogen-bond donors (Lipinski definition) is 0. The molecule has 0 aliphatic carbocycles. The molecule has 1 aromatic rings. The molecule has 76 valence electrons. The van der Waals surface area contributed by atoms with E-state index in [4.69, 9.17) is 9.47 Å². The van der Waals surface area contributed by atoms with E-state index in [0.717, 1.165) is 17.9 Å². The van der Waals surface area contributed by atoms with E-state index < -0.39 is 0 Å².